The highest BCUT2D eigenvalue weighted by atomic mass is 16.5. The Morgan fingerprint density at radius 1 is 0.893 bits per heavy atom. The normalized spacial score (nSPS) is 15.5. The summed E-state index contributed by atoms with van der Waals surface area (Å²) in [7, 11) is 1.30. The molecule has 0 radical (unpaired) electrons. The first-order valence-corrected chi connectivity index (χ1v) is 9.69. The van der Waals surface area contributed by atoms with Crippen LogP contribution in [0, 0.1) is 0 Å². The Kier molecular flexibility index (Phi) is 16.5. The molecule has 0 unspecified atom stereocenters. The zero-order valence-electron chi connectivity index (χ0n) is 16.9. The quantitative estimate of drug-likeness (QED) is 0.134. The van der Waals surface area contributed by atoms with Gasteiger partial charge in [0.2, 0.25) is 0 Å². The number of methoxy groups -OCH3 is 1. The van der Waals surface area contributed by atoms with Crippen molar-refractivity contribution >= 4 is 5.97 Å². The number of hydrogen-bond donors (Lipinski definition) is 3. The van der Waals surface area contributed by atoms with Crippen molar-refractivity contribution in [2.45, 2.75) is 57.7 Å². The minimum atomic E-state index is -0.678. The predicted molar refractivity (Wildman–Crippen MR) is 114 cm³/mol. The summed E-state index contributed by atoms with van der Waals surface area (Å²) in [6.07, 6.45) is 21.8. The molecule has 0 amide bonds. The number of esters is 1. The summed E-state index contributed by atoms with van der Waals surface area (Å²) in [4.78, 5) is 10.8. The van der Waals surface area contributed by atoms with Gasteiger partial charge in [-0.1, -0.05) is 74.8 Å². The Morgan fingerprint density at radius 3 is 2.25 bits per heavy atom. The first-order valence-electron chi connectivity index (χ1n) is 9.69. The van der Waals surface area contributed by atoms with E-state index in [4.69, 9.17) is 0 Å². The van der Waals surface area contributed by atoms with Gasteiger partial charge < -0.3 is 20.1 Å². The van der Waals surface area contributed by atoms with Crippen LogP contribution in [0.25, 0.3) is 0 Å². The molecule has 0 saturated heterocycles. The zero-order valence-corrected chi connectivity index (χ0v) is 16.9. The molecule has 0 saturated carbocycles. The summed E-state index contributed by atoms with van der Waals surface area (Å²) < 4.78 is 4.45. The molecule has 0 aromatic carbocycles. The Labute approximate surface area is 168 Å². The molecule has 0 spiro atoms. The molecule has 0 heterocycles. The first-order chi connectivity index (χ1) is 13.5. The van der Waals surface area contributed by atoms with Crippen molar-refractivity contribution in [3.8, 4) is 0 Å². The summed E-state index contributed by atoms with van der Waals surface area (Å²) in [6, 6.07) is 0. The van der Waals surface area contributed by atoms with Crippen molar-refractivity contribution in [1.29, 1.82) is 0 Å². The van der Waals surface area contributed by atoms with E-state index >= 15 is 0 Å². The summed E-state index contributed by atoms with van der Waals surface area (Å²) in [5.41, 5.74) is 0. The third-order valence-electron chi connectivity index (χ3n) is 3.84. The van der Waals surface area contributed by atoms with Crippen LogP contribution in [0.3, 0.4) is 0 Å². The molecule has 2 atom stereocenters. The van der Waals surface area contributed by atoms with E-state index in [1.165, 1.54) is 31.4 Å². The minimum Gasteiger partial charge on any atom is -0.508 e. The van der Waals surface area contributed by atoms with Crippen molar-refractivity contribution in [1.82, 2.24) is 0 Å². The molecule has 5 nitrogen and oxygen atoms in total. The van der Waals surface area contributed by atoms with Crippen LogP contribution >= 0.6 is 0 Å². The summed E-state index contributed by atoms with van der Waals surface area (Å²) in [5, 5.41) is 29.4. The average Bonchev–Trinajstić information content (AvgIpc) is 2.69. The van der Waals surface area contributed by atoms with Crippen LogP contribution in [0.1, 0.15) is 45.4 Å². The highest BCUT2D eigenvalue weighted by molar-refractivity contribution is 5.82. The number of ether oxygens (including phenoxy) is 1. The van der Waals surface area contributed by atoms with Crippen molar-refractivity contribution in [2.75, 3.05) is 7.11 Å². The number of aliphatic hydroxyl groups is 3. The van der Waals surface area contributed by atoms with Gasteiger partial charge in [-0.2, -0.15) is 0 Å². The van der Waals surface area contributed by atoms with E-state index in [0.717, 1.165) is 19.3 Å². The molecule has 0 aliphatic rings. The van der Waals surface area contributed by atoms with Crippen LogP contribution in [0.5, 0.6) is 0 Å². The van der Waals surface area contributed by atoms with Gasteiger partial charge in [0.1, 0.15) is 5.76 Å². The van der Waals surface area contributed by atoms with E-state index in [0.29, 0.717) is 19.3 Å². The van der Waals surface area contributed by atoms with Crippen LogP contribution < -0.4 is 0 Å². The number of unbranched alkanes of at least 4 members (excludes halogenated alkanes) is 2. The number of rotatable bonds is 14. The lowest BCUT2D eigenvalue weighted by Crippen LogP contribution is -2.25. The second-order valence-electron chi connectivity index (χ2n) is 6.24. The Balaban J connectivity index is 4.05. The number of carbonyl (C=O) groups excluding carboxylic acids is 1. The molecule has 5 heteroatoms. The van der Waals surface area contributed by atoms with Gasteiger partial charge in [0.15, 0.2) is 0 Å². The van der Waals surface area contributed by atoms with Crippen molar-refractivity contribution in [3.63, 3.8) is 0 Å². The number of aliphatic hydroxyl groups excluding tert-OH is 3. The molecule has 0 fully saturated rings. The first kappa shape index (κ1) is 25.6. The molecule has 0 aromatic heterocycles. The van der Waals surface area contributed by atoms with Crippen LogP contribution in [-0.4, -0.2) is 40.6 Å². The van der Waals surface area contributed by atoms with Crippen molar-refractivity contribution in [2.24, 2.45) is 0 Å². The van der Waals surface area contributed by atoms with Crippen LogP contribution in [0.4, 0.5) is 0 Å². The summed E-state index contributed by atoms with van der Waals surface area (Å²) >= 11 is 0. The smallest absolute Gasteiger partial charge is 0.330 e. The lowest BCUT2D eigenvalue weighted by molar-refractivity contribution is -0.134. The molecule has 0 aromatic rings. The number of carbonyl (C=O) groups is 1. The lowest BCUT2D eigenvalue weighted by atomic mass is 10.0. The molecule has 156 valence electrons. The van der Waals surface area contributed by atoms with E-state index in [-0.39, 0.29) is 5.76 Å². The van der Waals surface area contributed by atoms with Crippen LogP contribution in [0.15, 0.2) is 72.6 Å². The number of hydrogen-bond acceptors (Lipinski definition) is 5. The minimum absolute atomic E-state index is 0.0801. The fraction of sp³-hybridized carbons (Fsp3) is 0.435. The third-order valence-corrected chi connectivity index (χ3v) is 3.84. The van der Waals surface area contributed by atoms with Gasteiger partial charge in [-0.15, -0.1) is 0 Å². The molecule has 0 bridgehead atoms. The lowest BCUT2D eigenvalue weighted by Gasteiger charge is -2.16. The molecule has 0 aliphatic heterocycles. The van der Waals surface area contributed by atoms with Gasteiger partial charge in [0, 0.05) is 6.08 Å². The Bertz CT molecular complexity index is 582. The molecule has 28 heavy (non-hydrogen) atoms. The largest absolute Gasteiger partial charge is 0.508 e. The van der Waals surface area contributed by atoms with Gasteiger partial charge in [-0.25, -0.2) is 4.79 Å². The van der Waals surface area contributed by atoms with Gasteiger partial charge in [0.25, 0.3) is 0 Å². The van der Waals surface area contributed by atoms with E-state index in [1.54, 1.807) is 24.3 Å². The molecular formula is C23H34O5. The molecular weight excluding hydrogens is 356 g/mol. The van der Waals surface area contributed by atoms with E-state index < -0.39 is 18.2 Å². The highest BCUT2D eigenvalue weighted by Crippen LogP contribution is 2.11. The SMILES string of the molecule is CCCCC[C@H](O)[C@H](O)CC/C=C/C=C\C=C\C(O)=C/C=C\C=C\C(=O)OC. The van der Waals surface area contributed by atoms with Crippen LogP contribution in [-0.2, 0) is 9.53 Å². The van der Waals surface area contributed by atoms with Crippen LogP contribution in [0.2, 0.25) is 0 Å². The van der Waals surface area contributed by atoms with Gasteiger partial charge in [0.05, 0.1) is 19.3 Å². The third kappa shape index (κ3) is 15.9. The molecule has 0 rings (SSSR count). The highest BCUT2D eigenvalue weighted by Gasteiger charge is 2.14. The standard InChI is InChI=1S/C23H34O5/c1-3-4-10-17-21(25)22(26)18-13-8-6-5-7-11-15-20(24)16-12-9-14-19-23(27)28-2/h5-9,11-12,14-16,19,21-22,24-26H,3-4,10,13,17-18H2,1-2H3/b7-5-,8-6+,12-9-,15-11+,19-14+,20-16+/t21-,22+/m0/s1. The second kappa shape index (κ2) is 18.0. The van der Waals surface area contributed by atoms with Crippen molar-refractivity contribution in [3.05, 3.63) is 72.6 Å². The maximum Gasteiger partial charge on any atom is 0.330 e. The topological polar surface area (TPSA) is 87.0 Å². The summed E-state index contributed by atoms with van der Waals surface area (Å²) in [5.74, 6) is -0.356. The second-order valence-corrected chi connectivity index (χ2v) is 6.24. The fourth-order valence-corrected chi connectivity index (χ4v) is 2.19. The van der Waals surface area contributed by atoms with E-state index in [1.807, 2.05) is 18.2 Å². The number of allylic oxidation sites excluding steroid dienone is 10. The summed E-state index contributed by atoms with van der Waals surface area (Å²) in [6.45, 7) is 2.11. The maximum atomic E-state index is 10.8. The fourth-order valence-electron chi connectivity index (χ4n) is 2.19. The Morgan fingerprint density at radius 2 is 1.54 bits per heavy atom. The molecule has 3 N–H and O–H groups in total. The van der Waals surface area contributed by atoms with Gasteiger partial charge in [-0.3, -0.25) is 0 Å². The van der Waals surface area contributed by atoms with E-state index in [9.17, 15) is 20.1 Å². The van der Waals surface area contributed by atoms with Crippen molar-refractivity contribution < 1.29 is 24.9 Å². The average molecular weight is 391 g/mol. The van der Waals surface area contributed by atoms with E-state index in [2.05, 4.69) is 11.7 Å². The Hall–Kier alpha value is -2.37. The predicted octanol–water partition coefficient (Wildman–Crippen LogP) is 4.46. The zero-order chi connectivity index (χ0) is 21.0. The molecule has 0 aliphatic carbocycles. The van der Waals surface area contributed by atoms with Gasteiger partial charge in [-0.05, 0) is 31.4 Å². The van der Waals surface area contributed by atoms with Gasteiger partial charge >= 0.3 is 5.97 Å². The maximum absolute atomic E-state index is 10.8. The monoisotopic (exact) mass is 390 g/mol.